The Morgan fingerprint density at radius 2 is 1.30 bits per heavy atom. The molecular weight excluding hydrogens is 117 g/mol. The number of nitrogens with one attached hydrogen (secondary N) is 1. The Labute approximate surface area is 78.6 Å². The van der Waals surface area contributed by atoms with Gasteiger partial charge < -0.3 is 6.74 Å². The van der Waals surface area contributed by atoms with Gasteiger partial charge in [0.1, 0.15) is 0 Å². The molecule has 2 heteroatoms. The zero-order chi connectivity index (χ0) is 7.28. The second-order valence-electron chi connectivity index (χ2n) is 3.45. The van der Waals surface area contributed by atoms with Gasteiger partial charge in [0.2, 0.25) is 0 Å². The van der Waals surface area contributed by atoms with Crippen LogP contribution in [0.2, 0.25) is 0 Å². The van der Waals surface area contributed by atoms with E-state index in [0.717, 1.165) is 24.9 Å². The fraction of sp³-hybridized carbons (Fsp3) is 1.00. The van der Waals surface area contributed by atoms with E-state index in [0.29, 0.717) is 0 Å². The largest absolute Gasteiger partial charge is 1.00 e. The molecule has 0 fully saturated rings. The fourth-order valence-corrected chi connectivity index (χ4v) is 0.661. The zero-order valence-corrected chi connectivity index (χ0v) is 8.07. The minimum absolute atomic E-state index is 0. The van der Waals surface area contributed by atoms with Crippen molar-refractivity contribution in [3.63, 3.8) is 0 Å². The third-order valence-corrected chi connectivity index (χ3v) is 1.11. The van der Waals surface area contributed by atoms with E-state index in [2.05, 4.69) is 33.0 Å². The first-order valence-electron chi connectivity index (χ1n) is 3.83. The van der Waals surface area contributed by atoms with Gasteiger partial charge in [-0.2, -0.15) is 0 Å². The van der Waals surface area contributed by atoms with Gasteiger partial charge in [-0.25, -0.2) is 0 Å². The van der Waals surface area contributed by atoms with Crippen LogP contribution in [0.25, 0.3) is 0 Å². The first-order valence-corrected chi connectivity index (χ1v) is 3.83. The first-order chi connectivity index (χ1) is 4.13. The predicted molar refractivity (Wildman–Crippen MR) is 43.7 cm³/mol. The Bertz CT molecular complexity index is 59.1. The van der Waals surface area contributed by atoms with Gasteiger partial charge in [0.15, 0.2) is 0 Å². The fourth-order valence-electron chi connectivity index (χ4n) is 0.661. The SMILES string of the molecule is CC(C)CNCC(C)C.[H-].[Li+]. The molecule has 0 amide bonds. The molecule has 0 radical (unpaired) electrons. The van der Waals surface area contributed by atoms with Gasteiger partial charge in [-0.3, -0.25) is 0 Å². The summed E-state index contributed by atoms with van der Waals surface area (Å²) in [5, 5.41) is 3.38. The van der Waals surface area contributed by atoms with Crippen molar-refractivity contribution in [2.75, 3.05) is 13.1 Å². The van der Waals surface area contributed by atoms with Crippen molar-refractivity contribution in [1.29, 1.82) is 0 Å². The molecule has 0 saturated carbocycles. The minimum Gasteiger partial charge on any atom is -1.00 e. The second-order valence-corrected chi connectivity index (χ2v) is 3.45. The molecule has 0 saturated heterocycles. The molecule has 0 rings (SSSR count). The van der Waals surface area contributed by atoms with Crippen molar-refractivity contribution in [1.82, 2.24) is 5.32 Å². The van der Waals surface area contributed by atoms with Gasteiger partial charge in [-0.15, -0.1) is 0 Å². The van der Waals surface area contributed by atoms with Gasteiger partial charge in [0, 0.05) is 0 Å². The van der Waals surface area contributed by atoms with Crippen LogP contribution in [0.4, 0.5) is 0 Å². The Balaban J connectivity index is -0.000000320. The molecule has 58 valence electrons. The number of hydrogen-bond donors (Lipinski definition) is 1. The molecule has 0 aromatic rings. The van der Waals surface area contributed by atoms with E-state index in [1.54, 1.807) is 0 Å². The van der Waals surface area contributed by atoms with Gasteiger partial charge >= 0.3 is 18.9 Å². The van der Waals surface area contributed by atoms with Crippen LogP contribution in [-0.4, -0.2) is 13.1 Å². The normalized spacial score (nSPS) is 10.2. The van der Waals surface area contributed by atoms with E-state index in [1.807, 2.05) is 0 Å². The Morgan fingerprint density at radius 1 is 1.00 bits per heavy atom. The van der Waals surface area contributed by atoms with Crippen molar-refractivity contribution in [3.05, 3.63) is 0 Å². The topological polar surface area (TPSA) is 12.0 Å². The molecule has 0 atom stereocenters. The molecule has 0 unspecified atom stereocenters. The monoisotopic (exact) mass is 137 g/mol. The van der Waals surface area contributed by atoms with Gasteiger partial charge in [-0.05, 0) is 24.9 Å². The molecule has 0 aliphatic rings. The summed E-state index contributed by atoms with van der Waals surface area (Å²) in [5.41, 5.74) is 0. The molecule has 0 aliphatic heterocycles. The molecule has 0 spiro atoms. The van der Waals surface area contributed by atoms with E-state index >= 15 is 0 Å². The second kappa shape index (κ2) is 7.66. The molecule has 0 bridgehead atoms. The maximum Gasteiger partial charge on any atom is 1.00 e. The van der Waals surface area contributed by atoms with Crippen LogP contribution in [0.5, 0.6) is 0 Å². The molecule has 0 aromatic carbocycles. The molecular formula is C8H20LiN. The summed E-state index contributed by atoms with van der Waals surface area (Å²) in [7, 11) is 0. The summed E-state index contributed by atoms with van der Waals surface area (Å²) in [4.78, 5) is 0. The quantitative estimate of drug-likeness (QED) is 0.490. The summed E-state index contributed by atoms with van der Waals surface area (Å²) in [6.07, 6.45) is 0. The van der Waals surface area contributed by atoms with E-state index in [9.17, 15) is 0 Å². The summed E-state index contributed by atoms with van der Waals surface area (Å²) < 4.78 is 0. The van der Waals surface area contributed by atoms with Crippen molar-refractivity contribution < 1.29 is 20.3 Å². The smallest absolute Gasteiger partial charge is 1.00 e. The molecule has 0 heterocycles. The summed E-state index contributed by atoms with van der Waals surface area (Å²) in [5.74, 6) is 1.56. The van der Waals surface area contributed by atoms with E-state index < -0.39 is 0 Å². The molecule has 10 heavy (non-hydrogen) atoms. The molecule has 0 aliphatic carbocycles. The van der Waals surface area contributed by atoms with Crippen molar-refractivity contribution in [2.45, 2.75) is 27.7 Å². The van der Waals surface area contributed by atoms with Crippen molar-refractivity contribution >= 4 is 0 Å². The Hall–Kier alpha value is 0.557. The average Bonchev–Trinajstić information content (AvgIpc) is 1.63. The van der Waals surface area contributed by atoms with Gasteiger partial charge in [0.25, 0.3) is 0 Å². The maximum absolute atomic E-state index is 3.38. The summed E-state index contributed by atoms with van der Waals surface area (Å²) >= 11 is 0. The zero-order valence-electron chi connectivity index (χ0n) is 9.07. The third kappa shape index (κ3) is 11.4. The number of rotatable bonds is 4. The van der Waals surface area contributed by atoms with Crippen molar-refractivity contribution in [2.24, 2.45) is 11.8 Å². The van der Waals surface area contributed by atoms with E-state index in [4.69, 9.17) is 0 Å². The van der Waals surface area contributed by atoms with Gasteiger partial charge in [0.05, 0.1) is 0 Å². The van der Waals surface area contributed by atoms with Gasteiger partial charge in [-0.1, -0.05) is 27.7 Å². The first kappa shape index (κ1) is 13.2. The van der Waals surface area contributed by atoms with E-state index in [-0.39, 0.29) is 20.3 Å². The van der Waals surface area contributed by atoms with E-state index in [1.165, 1.54) is 0 Å². The van der Waals surface area contributed by atoms with Crippen LogP contribution in [-0.2, 0) is 0 Å². The Kier molecular flexibility index (Phi) is 10.1. The average molecular weight is 137 g/mol. The van der Waals surface area contributed by atoms with Crippen molar-refractivity contribution in [3.8, 4) is 0 Å². The van der Waals surface area contributed by atoms with Crippen LogP contribution in [0.15, 0.2) is 0 Å². The minimum atomic E-state index is 0. The Morgan fingerprint density at radius 3 is 1.50 bits per heavy atom. The molecule has 0 aromatic heterocycles. The number of hydrogen-bond acceptors (Lipinski definition) is 1. The summed E-state index contributed by atoms with van der Waals surface area (Å²) in [6, 6.07) is 0. The van der Waals surface area contributed by atoms with Crippen LogP contribution in [0.3, 0.4) is 0 Å². The maximum atomic E-state index is 3.38. The van der Waals surface area contributed by atoms with Crippen LogP contribution >= 0.6 is 0 Å². The molecule has 1 N–H and O–H groups in total. The summed E-state index contributed by atoms with van der Waals surface area (Å²) in [6.45, 7) is 11.2. The van der Waals surface area contributed by atoms with Crippen LogP contribution < -0.4 is 24.2 Å². The molecule has 1 nitrogen and oxygen atoms in total. The standard InChI is InChI=1S/C8H19N.Li.H/c1-7(2)5-9-6-8(3)4;;/h7-9H,5-6H2,1-4H3;;/q;+1;-1. The van der Waals surface area contributed by atoms with Crippen LogP contribution in [0, 0.1) is 11.8 Å². The predicted octanol–water partition coefficient (Wildman–Crippen LogP) is -0.995. The van der Waals surface area contributed by atoms with Crippen LogP contribution in [0.1, 0.15) is 29.1 Å². The third-order valence-electron chi connectivity index (χ3n) is 1.11.